The van der Waals surface area contributed by atoms with Gasteiger partial charge in [-0.3, -0.25) is 4.79 Å². The summed E-state index contributed by atoms with van der Waals surface area (Å²) in [7, 11) is 0. The Hall–Kier alpha value is -1.26. The molecule has 0 atom stereocenters. The molecule has 4 N–H and O–H groups in total. The first-order valence-electron chi connectivity index (χ1n) is 6.45. The average Bonchev–Trinajstić information content (AvgIpc) is 2.19. The summed E-state index contributed by atoms with van der Waals surface area (Å²) in [5, 5.41) is 14.7. The summed E-state index contributed by atoms with van der Waals surface area (Å²) in [6.45, 7) is 0.712. The molecule has 0 aromatic rings. The van der Waals surface area contributed by atoms with Crippen molar-refractivity contribution in [1.82, 2.24) is 5.32 Å². The minimum atomic E-state index is -0.728. The third-order valence-corrected chi connectivity index (χ3v) is 4.30. The fraction of sp³-hybridized carbons (Fsp3) is 0.833. The van der Waals surface area contributed by atoms with E-state index in [1.54, 1.807) is 0 Å². The molecule has 2 fully saturated rings. The Morgan fingerprint density at radius 2 is 2.12 bits per heavy atom. The van der Waals surface area contributed by atoms with Crippen LogP contribution in [0.25, 0.3) is 0 Å². The molecule has 0 spiro atoms. The summed E-state index contributed by atoms with van der Waals surface area (Å²) < 4.78 is 0. The third-order valence-electron chi connectivity index (χ3n) is 4.30. The van der Waals surface area contributed by atoms with Crippen molar-refractivity contribution in [2.24, 2.45) is 22.2 Å². The van der Waals surface area contributed by atoms with Crippen LogP contribution in [0.2, 0.25) is 0 Å². The Bertz CT molecular complexity index is 320. The molecule has 2 rings (SSSR count). The van der Waals surface area contributed by atoms with E-state index < -0.39 is 5.41 Å². The smallest absolute Gasteiger partial charge is 0.233 e. The molecule has 5 nitrogen and oxygen atoms in total. The minimum absolute atomic E-state index is 0.0601. The van der Waals surface area contributed by atoms with E-state index in [1.165, 1.54) is 19.3 Å². The van der Waals surface area contributed by atoms with E-state index in [0.29, 0.717) is 19.4 Å². The van der Waals surface area contributed by atoms with Crippen LogP contribution in [0.15, 0.2) is 5.16 Å². The van der Waals surface area contributed by atoms with Gasteiger partial charge >= 0.3 is 0 Å². The molecule has 0 saturated heterocycles. The molecule has 0 radical (unpaired) electrons. The Morgan fingerprint density at radius 1 is 1.41 bits per heavy atom. The van der Waals surface area contributed by atoms with E-state index in [9.17, 15) is 4.79 Å². The summed E-state index contributed by atoms with van der Waals surface area (Å²) >= 11 is 0. The second-order valence-electron chi connectivity index (χ2n) is 5.26. The molecular formula is C12H21N3O2. The van der Waals surface area contributed by atoms with Crippen LogP contribution >= 0.6 is 0 Å². The van der Waals surface area contributed by atoms with Crippen LogP contribution in [0.1, 0.15) is 44.9 Å². The first-order chi connectivity index (χ1) is 8.19. The molecule has 0 bridgehead atoms. The van der Waals surface area contributed by atoms with Crippen molar-refractivity contribution in [3.8, 4) is 0 Å². The number of nitrogens with one attached hydrogen (secondary N) is 1. The molecule has 96 valence electrons. The quantitative estimate of drug-likeness (QED) is 0.291. The molecule has 2 aliphatic carbocycles. The van der Waals surface area contributed by atoms with Crippen LogP contribution in [0.5, 0.6) is 0 Å². The monoisotopic (exact) mass is 239 g/mol. The van der Waals surface area contributed by atoms with E-state index in [2.05, 4.69) is 10.5 Å². The Kier molecular flexibility index (Phi) is 3.54. The van der Waals surface area contributed by atoms with Crippen LogP contribution in [-0.2, 0) is 4.79 Å². The SMILES string of the molecule is NC(=NO)C1(C(=O)NCCC2CCC2)CCC1. The predicted octanol–water partition coefficient (Wildman–Crippen LogP) is 1.21. The Labute approximate surface area is 101 Å². The molecule has 2 saturated carbocycles. The van der Waals surface area contributed by atoms with Crippen molar-refractivity contribution in [3.63, 3.8) is 0 Å². The number of carbonyl (C=O) groups is 1. The zero-order valence-electron chi connectivity index (χ0n) is 10.1. The number of oxime groups is 1. The molecule has 17 heavy (non-hydrogen) atoms. The van der Waals surface area contributed by atoms with Crippen LogP contribution in [0.3, 0.4) is 0 Å². The predicted molar refractivity (Wildman–Crippen MR) is 64.7 cm³/mol. The molecule has 0 aromatic carbocycles. The summed E-state index contributed by atoms with van der Waals surface area (Å²) in [6, 6.07) is 0. The fourth-order valence-electron chi connectivity index (χ4n) is 2.57. The lowest BCUT2D eigenvalue weighted by Gasteiger charge is -2.38. The zero-order valence-corrected chi connectivity index (χ0v) is 10.1. The lowest BCUT2D eigenvalue weighted by molar-refractivity contribution is -0.131. The summed E-state index contributed by atoms with van der Waals surface area (Å²) in [5.74, 6) is 0.778. The van der Waals surface area contributed by atoms with Crippen molar-refractivity contribution < 1.29 is 10.0 Å². The summed E-state index contributed by atoms with van der Waals surface area (Å²) in [4.78, 5) is 12.1. The third kappa shape index (κ3) is 2.23. The Morgan fingerprint density at radius 3 is 2.53 bits per heavy atom. The van der Waals surface area contributed by atoms with Crippen molar-refractivity contribution in [3.05, 3.63) is 0 Å². The zero-order chi connectivity index (χ0) is 12.3. The maximum atomic E-state index is 12.1. The topological polar surface area (TPSA) is 87.7 Å². The van der Waals surface area contributed by atoms with Gasteiger partial charge in [0.05, 0.1) is 0 Å². The number of amidine groups is 1. The van der Waals surface area contributed by atoms with Crippen LogP contribution in [0.4, 0.5) is 0 Å². The lowest BCUT2D eigenvalue weighted by atomic mass is 9.67. The molecule has 0 unspecified atom stereocenters. The number of rotatable bonds is 5. The average molecular weight is 239 g/mol. The molecule has 2 aliphatic rings. The second kappa shape index (κ2) is 4.94. The largest absolute Gasteiger partial charge is 0.409 e. The first-order valence-corrected chi connectivity index (χ1v) is 6.45. The fourth-order valence-corrected chi connectivity index (χ4v) is 2.57. The van der Waals surface area contributed by atoms with Crippen molar-refractivity contribution >= 4 is 11.7 Å². The number of amides is 1. The lowest BCUT2D eigenvalue weighted by Crippen LogP contribution is -2.54. The van der Waals surface area contributed by atoms with Gasteiger partial charge in [-0.15, -0.1) is 0 Å². The highest BCUT2D eigenvalue weighted by molar-refractivity contribution is 6.07. The van der Waals surface area contributed by atoms with E-state index in [1.807, 2.05) is 0 Å². The van der Waals surface area contributed by atoms with Gasteiger partial charge < -0.3 is 16.3 Å². The van der Waals surface area contributed by atoms with E-state index in [4.69, 9.17) is 10.9 Å². The number of nitrogens with zero attached hydrogens (tertiary/aromatic N) is 1. The standard InChI is InChI=1S/C12H21N3O2/c13-10(15-17)12(6-2-7-12)11(16)14-8-5-9-3-1-4-9/h9,17H,1-8H2,(H2,13,15)(H,14,16). The van der Waals surface area contributed by atoms with Gasteiger partial charge in [0.2, 0.25) is 5.91 Å². The molecular weight excluding hydrogens is 218 g/mol. The van der Waals surface area contributed by atoms with Gasteiger partial charge in [0.25, 0.3) is 0 Å². The Balaban J connectivity index is 1.80. The molecule has 1 amide bonds. The normalized spacial score (nSPS) is 23.6. The van der Waals surface area contributed by atoms with Crippen LogP contribution in [-0.4, -0.2) is 23.5 Å². The van der Waals surface area contributed by atoms with Crippen molar-refractivity contribution in [2.75, 3.05) is 6.54 Å². The highest BCUT2D eigenvalue weighted by Gasteiger charge is 2.48. The van der Waals surface area contributed by atoms with Gasteiger partial charge in [0, 0.05) is 6.54 Å². The van der Waals surface area contributed by atoms with Gasteiger partial charge in [-0.2, -0.15) is 0 Å². The van der Waals surface area contributed by atoms with Gasteiger partial charge in [-0.1, -0.05) is 30.8 Å². The molecule has 0 heterocycles. The second-order valence-corrected chi connectivity index (χ2v) is 5.26. The number of hydrogen-bond donors (Lipinski definition) is 3. The van der Waals surface area contributed by atoms with Crippen molar-refractivity contribution in [1.29, 1.82) is 0 Å². The van der Waals surface area contributed by atoms with Gasteiger partial charge in [-0.25, -0.2) is 0 Å². The van der Waals surface area contributed by atoms with Crippen LogP contribution < -0.4 is 11.1 Å². The highest BCUT2D eigenvalue weighted by atomic mass is 16.4. The van der Waals surface area contributed by atoms with Gasteiger partial charge in [0.1, 0.15) is 5.41 Å². The summed E-state index contributed by atoms with van der Waals surface area (Å²) in [6.07, 6.45) is 7.32. The van der Waals surface area contributed by atoms with Gasteiger partial charge in [0.15, 0.2) is 5.84 Å². The van der Waals surface area contributed by atoms with Crippen molar-refractivity contribution in [2.45, 2.75) is 44.9 Å². The molecule has 0 aromatic heterocycles. The number of hydrogen-bond acceptors (Lipinski definition) is 3. The van der Waals surface area contributed by atoms with E-state index >= 15 is 0 Å². The maximum absolute atomic E-state index is 12.1. The van der Waals surface area contributed by atoms with E-state index in [0.717, 1.165) is 18.8 Å². The molecule has 5 heteroatoms. The summed E-state index contributed by atoms with van der Waals surface area (Å²) in [5.41, 5.74) is 4.89. The number of nitrogens with two attached hydrogens (primary N) is 1. The molecule has 0 aliphatic heterocycles. The number of carbonyl (C=O) groups excluding carboxylic acids is 1. The minimum Gasteiger partial charge on any atom is -0.409 e. The van der Waals surface area contributed by atoms with Gasteiger partial charge in [-0.05, 0) is 25.2 Å². The van der Waals surface area contributed by atoms with E-state index in [-0.39, 0.29) is 11.7 Å². The first kappa shape index (κ1) is 12.2. The maximum Gasteiger partial charge on any atom is 0.233 e. The van der Waals surface area contributed by atoms with Crippen LogP contribution in [0, 0.1) is 11.3 Å². The highest BCUT2D eigenvalue weighted by Crippen LogP contribution is 2.41.